The molecule has 0 aliphatic heterocycles. The van der Waals surface area contributed by atoms with E-state index >= 15 is 0 Å². The monoisotopic (exact) mass is 326 g/mol. The molecule has 0 saturated heterocycles. The van der Waals surface area contributed by atoms with Crippen LogP contribution in [0.1, 0.15) is 28.9 Å². The largest absolute Gasteiger partial charge is 0.491 e. The molecule has 3 rings (SSSR count). The molecule has 116 valence electrons. The summed E-state index contributed by atoms with van der Waals surface area (Å²) in [6.07, 6.45) is 2.20. The van der Waals surface area contributed by atoms with Crippen LogP contribution in [0.3, 0.4) is 0 Å². The first kappa shape index (κ1) is 14.8. The second kappa shape index (κ2) is 5.28. The number of rotatable bonds is 4. The van der Waals surface area contributed by atoms with Gasteiger partial charge in [-0.1, -0.05) is 23.7 Å². The molecule has 2 aromatic rings. The number of aromatic amines is 1. The molecule has 0 bridgehead atoms. The van der Waals surface area contributed by atoms with Gasteiger partial charge in [0.1, 0.15) is 11.5 Å². The van der Waals surface area contributed by atoms with Crippen molar-refractivity contribution in [3.05, 3.63) is 52.3 Å². The Balaban J connectivity index is 1.89. The Bertz CT molecular complexity index is 741. The highest BCUT2D eigenvalue weighted by Crippen LogP contribution is 2.47. The van der Waals surface area contributed by atoms with Crippen LogP contribution in [0.2, 0.25) is 5.02 Å². The van der Waals surface area contributed by atoms with Gasteiger partial charge in [-0.2, -0.15) is 0 Å². The lowest BCUT2D eigenvalue weighted by atomic mass is 10.0. The van der Waals surface area contributed by atoms with Crippen molar-refractivity contribution in [1.29, 1.82) is 0 Å². The minimum atomic E-state index is -0.807. The van der Waals surface area contributed by atoms with Crippen LogP contribution >= 0.6 is 11.6 Å². The molecule has 1 aliphatic rings. The summed E-state index contributed by atoms with van der Waals surface area (Å²) in [4.78, 5) is 14.8. The molecule has 1 aromatic carbocycles. The summed E-state index contributed by atoms with van der Waals surface area (Å²) in [5, 5.41) is 2.74. The lowest BCUT2D eigenvalue weighted by Gasteiger charge is -2.19. The van der Waals surface area contributed by atoms with Gasteiger partial charge in [-0.05, 0) is 18.9 Å². The van der Waals surface area contributed by atoms with Crippen LogP contribution in [0.25, 0.3) is 0 Å². The van der Waals surface area contributed by atoms with Crippen molar-refractivity contribution in [3.63, 3.8) is 0 Å². The highest BCUT2D eigenvalue weighted by atomic mass is 35.5. The van der Waals surface area contributed by atoms with E-state index in [0.717, 1.165) is 6.20 Å². The van der Waals surface area contributed by atoms with Gasteiger partial charge in [0.2, 0.25) is 0 Å². The maximum absolute atomic E-state index is 14.2. The highest BCUT2D eigenvalue weighted by molar-refractivity contribution is 6.30. The summed E-state index contributed by atoms with van der Waals surface area (Å²) in [5.74, 6) is -1.93. The molecule has 0 radical (unpaired) electrons. The van der Waals surface area contributed by atoms with E-state index in [9.17, 15) is 13.6 Å². The van der Waals surface area contributed by atoms with E-state index in [1.54, 1.807) is 12.1 Å². The van der Waals surface area contributed by atoms with E-state index in [1.807, 2.05) is 0 Å². The second-order valence-electron chi connectivity index (χ2n) is 5.18. The van der Waals surface area contributed by atoms with Gasteiger partial charge >= 0.3 is 0 Å². The number of carbonyl (C=O) groups excluding carboxylic acids is 1. The van der Waals surface area contributed by atoms with Gasteiger partial charge in [-0.15, -0.1) is 0 Å². The van der Waals surface area contributed by atoms with Crippen molar-refractivity contribution in [2.45, 2.75) is 18.4 Å². The average Bonchev–Trinajstić information content (AvgIpc) is 3.16. The van der Waals surface area contributed by atoms with Gasteiger partial charge in [0, 0.05) is 11.8 Å². The Hall–Kier alpha value is -2.08. The predicted molar refractivity (Wildman–Crippen MR) is 77.1 cm³/mol. The van der Waals surface area contributed by atoms with E-state index in [4.69, 9.17) is 16.3 Å². The molecule has 1 amide bonds. The number of hydrogen-bond donors (Lipinski definition) is 2. The molecular formula is C15H13ClF2N2O2. The number of halogens is 3. The normalized spacial score (nSPS) is 15.5. The van der Waals surface area contributed by atoms with Crippen LogP contribution in [-0.2, 0) is 5.54 Å². The third-order valence-electron chi connectivity index (χ3n) is 3.79. The third-order valence-corrected chi connectivity index (χ3v) is 4.08. The predicted octanol–water partition coefficient (Wildman–Crippen LogP) is 3.37. The van der Waals surface area contributed by atoms with Crippen molar-refractivity contribution in [2.24, 2.45) is 0 Å². The van der Waals surface area contributed by atoms with Crippen molar-refractivity contribution in [3.8, 4) is 5.75 Å². The van der Waals surface area contributed by atoms with Crippen molar-refractivity contribution < 1.29 is 18.3 Å². The van der Waals surface area contributed by atoms with Gasteiger partial charge in [0.15, 0.2) is 11.6 Å². The molecule has 1 saturated carbocycles. The Morgan fingerprint density at radius 1 is 1.41 bits per heavy atom. The van der Waals surface area contributed by atoms with Crippen LogP contribution < -0.4 is 10.1 Å². The lowest BCUT2D eigenvalue weighted by Crippen LogP contribution is -2.36. The molecule has 1 fully saturated rings. The van der Waals surface area contributed by atoms with Gasteiger partial charge in [-0.3, -0.25) is 4.79 Å². The van der Waals surface area contributed by atoms with E-state index < -0.39 is 23.1 Å². The molecule has 7 heteroatoms. The SMILES string of the molecule is COc1c(F)c[nH]c1C(=O)NC1(c2cccc(Cl)c2F)CC1. The zero-order valence-electron chi connectivity index (χ0n) is 11.7. The Kier molecular flexibility index (Phi) is 3.56. The number of nitrogens with one attached hydrogen (secondary N) is 2. The fraction of sp³-hybridized carbons (Fsp3) is 0.267. The van der Waals surface area contributed by atoms with Crippen LogP contribution in [0.15, 0.2) is 24.4 Å². The number of methoxy groups -OCH3 is 1. The van der Waals surface area contributed by atoms with E-state index in [2.05, 4.69) is 10.3 Å². The highest BCUT2D eigenvalue weighted by Gasteiger charge is 2.48. The lowest BCUT2D eigenvalue weighted by molar-refractivity contribution is 0.0922. The van der Waals surface area contributed by atoms with Crippen molar-refractivity contribution in [2.75, 3.05) is 7.11 Å². The topological polar surface area (TPSA) is 54.1 Å². The zero-order chi connectivity index (χ0) is 15.9. The zero-order valence-corrected chi connectivity index (χ0v) is 12.4. The second-order valence-corrected chi connectivity index (χ2v) is 5.59. The summed E-state index contributed by atoms with van der Waals surface area (Å²) in [7, 11) is 1.27. The Morgan fingerprint density at radius 2 is 2.14 bits per heavy atom. The summed E-state index contributed by atoms with van der Waals surface area (Å²) in [6, 6.07) is 4.66. The number of ether oxygens (including phenoxy) is 1. The van der Waals surface area contributed by atoms with Crippen molar-refractivity contribution >= 4 is 17.5 Å². The minimum absolute atomic E-state index is 0.00141. The van der Waals surface area contributed by atoms with Crippen LogP contribution in [0.4, 0.5) is 8.78 Å². The maximum atomic E-state index is 14.2. The van der Waals surface area contributed by atoms with Gasteiger partial charge in [0.05, 0.1) is 17.7 Å². The van der Waals surface area contributed by atoms with Crippen molar-refractivity contribution in [1.82, 2.24) is 10.3 Å². The summed E-state index contributed by atoms with van der Waals surface area (Å²) in [6.45, 7) is 0. The third kappa shape index (κ3) is 2.33. The molecule has 0 atom stereocenters. The van der Waals surface area contributed by atoms with Gasteiger partial charge < -0.3 is 15.0 Å². The molecule has 4 nitrogen and oxygen atoms in total. The standard InChI is InChI=1S/C15H13ClF2N2O2/c1-22-13-10(17)7-19-12(13)14(21)20-15(5-6-15)8-3-2-4-9(16)11(8)18/h2-4,7,19H,5-6H2,1H3,(H,20,21). The quantitative estimate of drug-likeness (QED) is 0.905. The Labute approximate surface area is 130 Å². The number of hydrogen-bond acceptors (Lipinski definition) is 2. The molecule has 1 aromatic heterocycles. The molecule has 2 N–H and O–H groups in total. The molecule has 0 spiro atoms. The van der Waals surface area contributed by atoms with Crippen LogP contribution in [-0.4, -0.2) is 18.0 Å². The first-order chi connectivity index (χ1) is 10.5. The van der Waals surface area contributed by atoms with E-state index in [0.29, 0.717) is 18.4 Å². The maximum Gasteiger partial charge on any atom is 0.272 e. The first-order valence-corrected chi connectivity index (χ1v) is 7.04. The number of amides is 1. The molecule has 0 unspecified atom stereocenters. The fourth-order valence-corrected chi connectivity index (χ4v) is 2.67. The fourth-order valence-electron chi connectivity index (χ4n) is 2.49. The molecule has 1 heterocycles. The smallest absolute Gasteiger partial charge is 0.272 e. The number of H-pyrrole nitrogens is 1. The minimum Gasteiger partial charge on any atom is -0.491 e. The molecular weight excluding hydrogens is 314 g/mol. The van der Waals surface area contributed by atoms with E-state index in [-0.39, 0.29) is 16.5 Å². The summed E-state index contributed by atoms with van der Waals surface area (Å²) < 4.78 is 32.5. The summed E-state index contributed by atoms with van der Waals surface area (Å²) >= 11 is 5.79. The number of benzene rings is 1. The number of aromatic nitrogens is 1. The molecule has 22 heavy (non-hydrogen) atoms. The molecule has 1 aliphatic carbocycles. The van der Waals surface area contributed by atoms with Gasteiger partial charge in [0.25, 0.3) is 5.91 Å². The van der Waals surface area contributed by atoms with Crippen LogP contribution in [0.5, 0.6) is 5.75 Å². The Morgan fingerprint density at radius 3 is 2.77 bits per heavy atom. The summed E-state index contributed by atoms with van der Waals surface area (Å²) in [5.41, 5.74) is -0.508. The number of carbonyl (C=O) groups is 1. The average molecular weight is 327 g/mol. The van der Waals surface area contributed by atoms with Gasteiger partial charge in [-0.25, -0.2) is 8.78 Å². The first-order valence-electron chi connectivity index (χ1n) is 6.66. The van der Waals surface area contributed by atoms with Crippen LogP contribution in [0, 0.1) is 11.6 Å². The van der Waals surface area contributed by atoms with E-state index in [1.165, 1.54) is 13.2 Å².